The van der Waals surface area contributed by atoms with Crippen LogP contribution in [0.1, 0.15) is 97.3 Å². The highest BCUT2D eigenvalue weighted by Crippen LogP contribution is 2.09. The van der Waals surface area contributed by atoms with Crippen LogP contribution in [-0.2, 0) is 28.6 Å². The molecule has 0 fully saturated rings. The molecule has 0 spiro atoms. The third kappa shape index (κ3) is 31.9. The number of carboxylic acids is 1. The van der Waals surface area contributed by atoms with Crippen LogP contribution in [0.2, 0.25) is 0 Å². The van der Waals surface area contributed by atoms with Gasteiger partial charge in [0.1, 0.15) is 12.6 Å². The van der Waals surface area contributed by atoms with E-state index in [1.807, 2.05) is 24.3 Å². The number of ether oxygens (including phenoxy) is 3. The molecule has 0 rings (SSSR count). The summed E-state index contributed by atoms with van der Waals surface area (Å²) in [6.07, 6.45) is 46.1. The lowest BCUT2D eigenvalue weighted by Gasteiger charge is -2.34. The van der Waals surface area contributed by atoms with Crippen molar-refractivity contribution >= 4 is 17.9 Å². The average Bonchev–Trinajstić information content (AvgIpc) is 3.09. The highest BCUT2D eigenvalue weighted by atomic mass is 16.6. The second kappa shape index (κ2) is 34.1. The quantitative estimate of drug-likeness (QED) is 0.0307. The van der Waals surface area contributed by atoms with E-state index in [2.05, 4.69) is 92.8 Å². The van der Waals surface area contributed by atoms with E-state index in [0.717, 1.165) is 51.4 Å². The lowest BCUT2D eigenvalue weighted by Crippen LogP contribution is -2.55. The van der Waals surface area contributed by atoms with Crippen LogP contribution in [-0.4, -0.2) is 75.5 Å². The second-order valence-electron chi connectivity index (χ2n) is 13.1. The summed E-state index contributed by atoms with van der Waals surface area (Å²) in [5, 5.41) is 11.6. The van der Waals surface area contributed by atoms with Gasteiger partial charge in [0.15, 0.2) is 6.10 Å². The Balaban J connectivity index is 4.59. The van der Waals surface area contributed by atoms with Crippen molar-refractivity contribution in [1.82, 2.24) is 0 Å². The van der Waals surface area contributed by atoms with E-state index in [9.17, 15) is 19.5 Å². The van der Waals surface area contributed by atoms with Crippen LogP contribution in [0.25, 0.3) is 0 Å². The number of carbonyl (C=O) groups is 3. The third-order valence-electron chi connectivity index (χ3n) is 7.45. The number of likely N-dealkylation sites (N-methyl/N-ethyl adjacent to an activating group) is 1. The summed E-state index contributed by atoms with van der Waals surface area (Å²) in [7, 11) is 5.33. The van der Waals surface area contributed by atoms with Crippen molar-refractivity contribution in [1.29, 1.82) is 0 Å². The maximum Gasteiger partial charge on any atom is 0.310 e. The van der Waals surface area contributed by atoms with E-state index in [-0.39, 0.29) is 43.6 Å². The van der Waals surface area contributed by atoms with E-state index in [0.29, 0.717) is 12.8 Å². The molecule has 0 aliphatic carbocycles. The second-order valence-corrected chi connectivity index (χ2v) is 13.1. The normalized spacial score (nSPS) is 14.2. The first-order valence-electron chi connectivity index (χ1n) is 18.9. The first kappa shape index (κ1) is 48.0. The molecule has 0 aromatic rings. The van der Waals surface area contributed by atoms with Gasteiger partial charge in [-0.25, -0.2) is 0 Å². The summed E-state index contributed by atoms with van der Waals surface area (Å²) in [5.41, 5.74) is 0. The molecule has 0 aromatic heterocycles. The average molecular weight is 722 g/mol. The summed E-state index contributed by atoms with van der Waals surface area (Å²) in [6.45, 7) is 4.18. The number of quaternary nitrogens is 1. The molecule has 8 nitrogen and oxygen atoms in total. The number of nitrogens with zero attached hydrogens (tertiary/aromatic N) is 1. The van der Waals surface area contributed by atoms with Gasteiger partial charge in [-0.05, 0) is 64.2 Å². The van der Waals surface area contributed by atoms with E-state index >= 15 is 0 Å². The van der Waals surface area contributed by atoms with Crippen LogP contribution in [0.4, 0.5) is 0 Å². The standard InChI is InChI=1S/C44H67NO7/c1-6-8-10-12-14-16-17-18-19-20-21-22-23-24-25-27-28-30-32-34-42(46)51-39-40(38-50-37-36-41(44(48)49)45(3,4)5)52-43(47)35-33-31-29-26-15-13-11-9-7-2/h8-11,14-16,18-19,21-22,24-26,28,30-31,33,40-41H,6-7,12-13,17,20,23,27,29,32,34-39H2,1-5H3/b10-8+,11-9+,16-14+,19-18+,22-21+,25-24+,26-15+,30-28+,33-31+. The molecule has 0 heterocycles. The summed E-state index contributed by atoms with van der Waals surface area (Å²) >= 11 is 0. The van der Waals surface area contributed by atoms with Gasteiger partial charge in [-0.2, -0.15) is 0 Å². The molecule has 0 amide bonds. The fraction of sp³-hybridized carbons (Fsp3) is 0.523. The van der Waals surface area contributed by atoms with Crippen LogP contribution >= 0.6 is 0 Å². The van der Waals surface area contributed by atoms with Crippen LogP contribution in [0.3, 0.4) is 0 Å². The summed E-state index contributed by atoms with van der Waals surface area (Å²) < 4.78 is 16.8. The van der Waals surface area contributed by atoms with Crippen molar-refractivity contribution in [3.63, 3.8) is 0 Å². The summed E-state index contributed by atoms with van der Waals surface area (Å²) in [6, 6.07) is -0.755. The zero-order valence-electron chi connectivity index (χ0n) is 32.7. The molecule has 0 aliphatic rings. The highest BCUT2D eigenvalue weighted by molar-refractivity contribution is 5.71. The molecule has 0 aliphatic heterocycles. The van der Waals surface area contributed by atoms with Crippen molar-refractivity contribution in [2.75, 3.05) is 41.0 Å². The Morgan fingerprint density at radius 1 is 0.577 bits per heavy atom. The van der Waals surface area contributed by atoms with Crippen molar-refractivity contribution < 1.29 is 38.2 Å². The Hall–Kier alpha value is -4.01. The SMILES string of the molecule is CC/C=C/C/C=C/C/C=C/C/C=C/C/C=C/C/C=C/CCC(=O)OCC(COCCC(C(=O)[O-])[N+](C)(C)C)OC(=O)C/C=C/C/C=C/C/C=C/CC. The first-order chi connectivity index (χ1) is 25.1. The van der Waals surface area contributed by atoms with E-state index < -0.39 is 30.1 Å². The van der Waals surface area contributed by atoms with Gasteiger partial charge in [0.05, 0.1) is 46.7 Å². The summed E-state index contributed by atoms with van der Waals surface area (Å²) in [5.74, 6) is -2.02. The molecule has 2 atom stereocenters. The molecule has 0 saturated carbocycles. The maximum absolute atomic E-state index is 12.5. The van der Waals surface area contributed by atoms with Gasteiger partial charge in [0.2, 0.25) is 0 Å². The van der Waals surface area contributed by atoms with Crippen molar-refractivity contribution in [3.8, 4) is 0 Å². The lowest BCUT2D eigenvalue weighted by molar-refractivity contribution is -0.889. The van der Waals surface area contributed by atoms with Crippen LogP contribution in [0.15, 0.2) is 109 Å². The highest BCUT2D eigenvalue weighted by Gasteiger charge is 2.25. The van der Waals surface area contributed by atoms with Crippen molar-refractivity contribution in [2.45, 2.75) is 109 Å². The monoisotopic (exact) mass is 721 g/mol. The number of esters is 2. The Kier molecular flexibility index (Phi) is 31.5. The predicted molar refractivity (Wildman–Crippen MR) is 212 cm³/mol. The molecule has 0 aromatic carbocycles. The van der Waals surface area contributed by atoms with Crippen LogP contribution < -0.4 is 5.11 Å². The fourth-order valence-corrected chi connectivity index (χ4v) is 4.57. The Bertz CT molecular complexity index is 1210. The van der Waals surface area contributed by atoms with Gasteiger partial charge < -0.3 is 28.6 Å². The van der Waals surface area contributed by atoms with Crippen LogP contribution in [0, 0.1) is 0 Å². The smallest absolute Gasteiger partial charge is 0.310 e. The summed E-state index contributed by atoms with van der Waals surface area (Å²) in [4.78, 5) is 36.5. The third-order valence-corrected chi connectivity index (χ3v) is 7.45. The van der Waals surface area contributed by atoms with Crippen molar-refractivity contribution in [2.24, 2.45) is 0 Å². The molecule has 52 heavy (non-hydrogen) atoms. The van der Waals surface area contributed by atoms with E-state index in [1.165, 1.54) is 0 Å². The number of rotatable bonds is 31. The number of carboxylic acid groups (broad SMARTS) is 1. The minimum absolute atomic E-state index is 0.0270. The van der Waals surface area contributed by atoms with Gasteiger partial charge in [-0.3, -0.25) is 9.59 Å². The number of hydrogen-bond donors (Lipinski definition) is 0. The molecule has 0 bridgehead atoms. The topological polar surface area (TPSA) is 102 Å². The lowest BCUT2D eigenvalue weighted by atomic mass is 10.1. The molecular formula is C44H67NO7. The fourth-order valence-electron chi connectivity index (χ4n) is 4.57. The van der Waals surface area contributed by atoms with E-state index in [1.54, 1.807) is 27.2 Å². The van der Waals surface area contributed by atoms with Gasteiger partial charge >= 0.3 is 11.9 Å². The predicted octanol–water partition coefficient (Wildman–Crippen LogP) is 8.40. The zero-order valence-corrected chi connectivity index (χ0v) is 32.7. The molecule has 0 saturated heterocycles. The van der Waals surface area contributed by atoms with Crippen LogP contribution in [0.5, 0.6) is 0 Å². The number of allylic oxidation sites excluding steroid dienone is 17. The largest absolute Gasteiger partial charge is 0.544 e. The van der Waals surface area contributed by atoms with Gasteiger partial charge in [-0.15, -0.1) is 0 Å². The Morgan fingerprint density at radius 3 is 1.42 bits per heavy atom. The first-order valence-corrected chi connectivity index (χ1v) is 18.9. The molecule has 290 valence electrons. The van der Waals surface area contributed by atoms with Gasteiger partial charge in [0, 0.05) is 12.8 Å². The zero-order chi connectivity index (χ0) is 38.5. The molecule has 0 radical (unpaired) electrons. The van der Waals surface area contributed by atoms with Gasteiger partial charge in [0.25, 0.3) is 0 Å². The minimum atomic E-state index is -1.15. The molecule has 2 unspecified atom stereocenters. The molecular weight excluding hydrogens is 654 g/mol. The minimum Gasteiger partial charge on any atom is -0.544 e. The van der Waals surface area contributed by atoms with Crippen molar-refractivity contribution in [3.05, 3.63) is 109 Å². The number of hydrogen-bond acceptors (Lipinski definition) is 7. The maximum atomic E-state index is 12.5. The number of carbonyl (C=O) groups excluding carboxylic acids is 3. The Morgan fingerprint density at radius 2 is 1.00 bits per heavy atom. The molecule has 0 N–H and O–H groups in total. The van der Waals surface area contributed by atoms with E-state index in [4.69, 9.17) is 14.2 Å². The molecule has 8 heteroatoms. The van der Waals surface area contributed by atoms with Gasteiger partial charge in [-0.1, -0.05) is 123 Å². The Labute approximate surface area is 315 Å². The number of aliphatic carboxylic acids is 1.